The van der Waals surface area contributed by atoms with Crippen LogP contribution in [0, 0.1) is 6.92 Å². The van der Waals surface area contributed by atoms with Crippen molar-refractivity contribution in [2.24, 2.45) is 0 Å². The Labute approximate surface area is 124 Å². The van der Waals surface area contributed by atoms with Gasteiger partial charge in [-0.25, -0.2) is 0 Å². The Morgan fingerprint density at radius 3 is 2.52 bits per heavy atom. The largest absolute Gasteiger partial charge is 0.487 e. The van der Waals surface area contributed by atoms with Crippen LogP contribution >= 0.6 is 0 Å². The second-order valence-corrected chi connectivity index (χ2v) is 4.80. The van der Waals surface area contributed by atoms with Gasteiger partial charge in [0.05, 0.1) is 19.2 Å². The molecule has 0 unspecified atom stereocenters. The Kier molecular flexibility index (Phi) is 4.82. The minimum Gasteiger partial charge on any atom is -0.487 e. The Morgan fingerprint density at radius 2 is 1.81 bits per heavy atom. The number of hydrogen-bond donors (Lipinski definition) is 1. The number of esters is 1. The average Bonchev–Trinajstić information content (AvgIpc) is 2.50. The summed E-state index contributed by atoms with van der Waals surface area (Å²) >= 11 is 0. The SMILES string of the molecule is COC(=O)Cc1ccccc1COc1cccc(C)c1N. The quantitative estimate of drug-likeness (QED) is 0.678. The van der Waals surface area contributed by atoms with Crippen molar-refractivity contribution in [2.45, 2.75) is 20.0 Å². The van der Waals surface area contributed by atoms with Gasteiger partial charge in [0.15, 0.2) is 0 Å². The molecule has 0 fully saturated rings. The molecule has 0 atom stereocenters. The fraction of sp³-hybridized carbons (Fsp3) is 0.235. The van der Waals surface area contributed by atoms with Gasteiger partial charge in [0.25, 0.3) is 0 Å². The van der Waals surface area contributed by atoms with E-state index in [1.807, 2.05) is 49.4 Å². The molecule has 0 aliphatic carbocycles. The molecule has 2 rings (SSSR count). The lowest BCUT2D eigenvalue weighted by molar-refractivity contribution is -0.139. The number of aryl methyl sites for hydroxylation is 1. The van der Waals surface area contributed by atoms with Crippen molar-refractivity contribution in [3.63, 3.8) is 0 Å². The molecule has 110 valence electrons. The van der Waals surface area contributed by atoms with Crippen LogP contribution in [-0.4, -0.2) is 13.1 Å². The number of para-hydroxylation sites is 1. The minimum absolute atomic E-state index is 0.235. The summed E-state index contributed by atoms with van der Waals surface area (Å²) in [5, 5.41) is 0. The van der Waals surface area contributed by atoms with Crippen molar-refractivity contribution < 1.29 is 14.3 Å². The molecule has 0 saturated carbocycles. The first-order chi connectivity index (χ1) is 10.1. The summed E-state index contributed by atoms with van der Waals surface area (Å²) in [4.78, 5) is 11.4. The van der Waals surface area contributed by atoms with E-state index in [9.17, 15) is 4.79 Å². The third-order valence-corrected chi connectivity index (χ3v) is 3.35. The molecule has 0 saturated heterocycles. The Morgan fingerprint density at radius 1 is 1.10 bits per heavy atom. The molecule has 0 radical (unpaired) electrons. The van der Waals surface area contributed by atoms with Gasteiger partial charge in [-0.1, -0.05) is 36.4 Å². The Bertz CT molecular complexity index is 638. The number of ether oxygens (including phenoxy) is 2. The molecule has 0 spiro atoms. The molecule has 2 aromatic carbocycles. The second kappa shape index (κ2) is 6.79. The van der Waals surface area contributed by atoms with Gasteiger partial charge in [0.1, 0.15) is 12.4 Å². The van der Waals surface area contributed by atoms with Gasteiger partial charge in [-0.05, 0) is 29.7 Å². The molecule has 4 heteroatoms. The predicted molar refractivity (Wildman–Crippen MR) is 82.1 cm³/mol. The molecule has 21 heavy (non-hydrogen) atoms. The van der Waals surface area contributed by atoms with Crippen LogP contribution in [0.15, 0.2) is 42.5 Å². The van der Waals surface area contributed by atoms with E-state index in [-0.39, 0.29) is 12.4 Å². The van der Waals surface area contributed by atoms with E-state index in [4.69, 9.17) is 15.2 Å². The van der Waals surface area contributed by atoms with Crippen LogP contribution in [0.5, 0.6) is 5.75 Å². The molecule has 0 amide bonds. The first-order valence-corrected chi connectivity index (χ1v) is 6.73. The van der Waals surface area contributed by atoms with E-state index < -0.39 is 0 Å². The van der Waals surface area contributed by atoms with Crippen molar-refractivity contribution in [1.82, 2.24) is 0 Å². The van der Waals surface area contributed by atoms with Gasteiger partial charge in [-0.3, -0.25) is 4.79 Å². The zero-order chi connectivity index (χ0) is 15.2. The fourth-order valence-electron chi connectivity index (χ4n) is 2.03. The van der Waals surface area contributed by atoms with Crippen molar-refractivity contribution >= 4 is 11.7 Å². The summed E-state index contributed by atoms with van der Waals surface area (Å²) in [5.41, 5.74) is 9.46. The maximum atomic E-state index is 11.4. The second-order valence-electron chi connectivity index (χ2n) is 4.80. The van der Waals surface area contributed by atoms with Gasteiger partial charge in [-0.15, -0.1) is 0 Å². The van der Waals surface area contributed by atoms with E-state index in [0.29, 0.717) is 18.0 Å². The molecule has 0 aliphatic heterocycles. The van der Waals surface area contributed by atoms with Gasteiger partial charge in [0.2, 0.25) is 0 Å². The van der Waals surface area contributed by atoms with Crippen molar-refractivity contribution in [2.75, 3.05) is 12.8 Å². The van der Waals surface area contributed by atoms with Crippen molar-refractivity contribution in [3.8, 4) is 5.75 Å². The summed E-state index contributed by atoms with van der Waals surface area (Å²) in [6, 6.07) is 13.3. The fourth-order valence-corrected chi connectivity index (χ4v) is 2.03. The van der Waals surface area contributed by atoms with E-state index >= 15 is 0 Å². The predicted octanol–water partition coefficient (Wildman–Crippen LogP) is 2.87. The van der Waals surface area contributed by atoms with E-state index in [0.717, 1.165) is 16.7 Å². The molecule has 2 aromatic rings. The number of hydrogen-bond acceptors (Lipinski definition) is 4. The number of nitrogens with two attached hydrogens (primary N) is 1. The molecular weight excluding hydrogens is 266 g/mol. The summed E-state index contributed by atoms with van der Waals surface area (Å²) in [7, 11) is 1.38. The molecule has 2 N–H and O–H groups in total. The topological polar surface area (TPSA) is 61.5 Å². The normalized spacial score (nSPS) is 10.2. The zero-order valence-electron chi connectivity index (χ0n) is 12.3. The van der Waals surface area contributed by atoms with Crippen LogP contribution in [-0.2, 0) is 22.6 Å². The van der Waals surface area contributed by atoms with Gasteiger partial charge in [-0.2, -0.15) is 0 Å². The first kappa shape index (κ1) is 14.9. The van der Waals surface area contributed by atoms with Crippen LogP contribution in [0.1, 0.15) is 16.7 Å². The number of methoxy groups -OCH3 is 1. The highest BCUT2D eigenvalue weighted by Crippen LogP contribution is 2.25. The van der Waals surface area contributed by atoms with Crippen LogP contribution in [0.4, 0.5) is 5.69 Å². The van der Waals surface area contributed by atoms with Crippen molar-refractivity contribution in [3.05, 3.63) is 59.2 Å². The van der Waals surface area contributed by atoms with Gasteiger partial charge >= 0.3 is 5.97 Å². The lowest BCUT2D eigenvalue weighted by atomic mass is 10.1. The van der Waals surface area contributed by atoms with Gasteiger partial charge in [0, 0.05) is 0 Å². The van der Waals surface area contributed by atoms with Crippen molar-refractivity contribution in [1.29, 1.82) is 0 Å². The van der Waals surface area contributed by atoms with Crippen LogP contribution in [0.2, 0.25) is 0 Å². The summed E-state index contributed by atoms with van der Waals surface area (Å²) < 4.78 is 10.5. The third kappa shape index (κ3) is 3.75. The van der Waals surface area contributed by atoms with Crippen LogP contribution in [0.25, 0.3) is 0 Å². The zero-order valence-corrected chi connectivity index (χ0v) is 12.3. The summed E-state index contributed by atoms with van der Waals surface area (Å²) in [6.07, 6.45) is 0.235. The Balaban J connectivity index is 2.13. The van der Waals surface area contributed by atoms with E-state index in [1.165, 1.54) is 7.11 Å². The highest BCUT2D eigenvalue weighted by Gasteiger charge is 2.09. The summed E-state index contributed by atoms with van der Waals surface area (Å²) in [6.45, 7) is 2.30. The molecule has 0 bridgehead atoms. The lowest BCUT2D eigenvalue weighted by Gasteiger charge is -2.13. The van der Waals surface area contributed by atoms with Crippen LogP contribution < -0.4 is 10.5 Å². The van der Waals surface area contributed by atoms with E-state index in [2.05, 4.69) is 0 Å². The maximum absolute atomic E-state index is 11.4. The molecule has 0 aromatic heterocycles. The van der Waals surface area contributed by atoms with E-state index in [1.54, 1.807) is 0 Å². The number of benzene rings is 2. The minimum atomic E-state index is -0.266. The number of carbonyl (C=O) groups excluding carboxylic acids is 1. The third-order valence-electron chi connectivity index (χ3n) is 3.35. The Hall–Kier alpha value is -2.49. The lowest BCUT2D eigenvalue weighted by Crippen LogP contribution is -2.08. The highest BCUT2D eigenvalue weighted by molar-refractivity contribution is 5.72. The number of anilines is 1. The molecule has 0 aliphatic rings. The molecule has 4 nitrogen and oxygen atoms in total. The number of rotatable bonds is 5. The highest BCUT2D eigenvalue weighted by atomic mass is 16.5. The number of carbonyl (C=O) groups is 1. The number of nitrogen functional groups attached to an aromatic ring is 1. The average molecular weight is 285 g/mol. The van der Waals surface area contributed by atoms with Gasteiger partial charge < -0.3 is 15.2 Å². The monoisotopic (exact) mass is 285 g/mol. The smallest absolute Gasteiger partial charge is 0.309 e. The summed E-state index contributed by atoms with van der Waals surface area (Å²) in [5.74, 6) is 0.389. The maximum Gasteiger partial charge on any atom is 0.309 e. The molecular formula is C17H19NO3. The van der Waals surface area contributed by atoms with Crippen LogP contribution in [0.3, 0.4) is 0 Å². The first-order valence-electron chi connectivity index (χ1n) is 6.73. The molecule has 0 heterocycles. The standard InChI is InChI=1S/C17H19NO3/c1-12-6-5-9-15(17(12)18)21-11-14-8-4-3-7-13(14)10-16(19)20-2/h3-9H,10-11,18H2,1-2H3.